The molecule has 2 atom stereocenters. The van der Waals surface area contributed by atoms with Gasteiger partial charge in [-0.25, -0.2) is 4.79 Å². The SMILES string of the molecule is CCCCCCNC(=O)C1CCCN(C(C(=O)NC(=O)NCC)c2ccccc2)C1. The topological polar surface area (TPSA) is 90.5 Å². The van der Waals surface area contributed by atoms with E-state index in [9.17, 15) is 14.4 Å². The second-order valence-electron chi connectivity index (χ2n) is 7.85. The summed E-state index contributed by atoms with van der Waals surface area (Å²) in [5.41, 5.74) is 0.819. The van der Waals surface area contributed by atoms with Crippen LogP contribution < -0.4 is 16.0 Å². The lowest BCUT2D eigenvalue weighted by molar-refractivity contribution is -0.131. The van der Waals surface area contributed by atoms with Crippen molar-refractivity contribution in [2.24, 2.45) is 5.92 Å². The number of unbranched alkanes of at least 4 members (excludes halogenated alkanes) is 3. The second-order valence-corrected chi connectivity index (χ2v) is 7.85. The van der Waals surface area contributed by atoms with Crippen LogP contribution in [0.1, 0.15) is 64.0 Å². The van der Waals surface area contributed by atoms with E-state index < -0.39 is 12.1 Å². The quantitative estimate of drug-likeness (QED) is 0.512. The van der Waals surface area contributed by atoms with Gasteiger partial charge in [0.05, 0.1) is 5.92 Å². The Morgan fingerprint density at radius 1 is 1.07 bits per heavy atom. The van der Waals surface area contributed by atoms with Crippen molar-refractivity contribution in [3.63, 3.8) is 0 Å². The third-order valence-corrected chi connectivity index (χ3v) is 5.46. The van der Waals surface area contributed by atoms with Crippen molar-refractivity contribution in [2.45, 2.75) is 58.4 Å². The lowest BCUT2D eigenvalue weighted by atomic mass is 9.93. The van der Waals surface area contributed by atoms with Crippen LogP contribution in [0.15, 0.2) is 30.3 Å². The van der Waals surface area contributed by atoms with Crippen molar-refractivity contribution in [3.8, 4) is 0 Å². The van der Waals surface area contributed by atoms with Crippen LogP contribution in [0.5, 0.6) is 0 Å². The van der Waals surface area contributed by atoms with E-state index in [1.54, 1.807) is 6.92 Å². The molecular weight excluding hydrogens is 380 g/mol. The molecule has 1 aliphatic rings. The molecule has 0 bridgehead atoms. The first-order chi connectivity index (χ1) is 14.6. The van der Waals surface area contributed by atoms with Crippen molar-refractivity contribution in [3.05, 3.63) is 35.9 Å². The van der Waals surface area contributed by atoms with Crippen LogP contribution in [-0.4, -0.2) is 48.9 Å². The van der Waals surface area contributed by atoms with Gasteiger partial charge in [0.25, 0.3) is 0 Å². The van der Waals surface area contributed by atoms with Crippen molar-refractivity contribution in [1.29, 1.82) is 0 Å². The van der Waals surface area contributed by atoms with Gasteiger partial charge < -0.3 is 10.6 Å². The first kappa shape index (κ1) is 23.9. The summed E-state index contributed by atoms with van der Waals surface area (Å²) < 4.78 is 0. The average molecular weight is 417 g/mol. The highest BCUT2D eigenvalue weighted by atomic mass is 16.2. The van der Waals surface area contributed by atoms with Gasteiger partial charge in [-0.3, -0.25) is 19.8 Å². The Morgan fingerprint density at radius 3 is 2.53 bits per heavy atom. The number of nitrogens with zero attached hydrogens (tertiary/aromatic N) is 1. The van der Waals surface area contributed by atoms with Gasteiger partial charge in [0.2, 0.25) is 11.8 Å². The zero-order valence-corrected chi connectivity index (χ0v) is 18.3. The Bertz CT molecular complexity index is 680. The number of urea groups is 1. The molecule has 0 aromatic heterocycles. The molecule has 166 valence electrons. The number of amides is 4. The average Bonchev–Trinajstić information content (AvgIpc) is 2.74. The zero-order valence-electron chi connectivity index (χ0n) is 18.3. The summed E-state index contributed by atoms with van der Waals surface area (Å²) in [4.78, 5) is 39.6. The number of piperidine rings is 1. The highest BCUT2D eigenvalue weighted by Crippen LogP contribution is 2.27. The Hall–Kier alpha value is -2.41. The number of hydrogen-bond acceptors (Lipinski definition) is 4. The lowest BCUT2D eigenvalue weighted by Crippen LogP contribution is -2.50. The molecule has 0 spiro atoms. The number of carbonyl (C=O) groups excluding carboxylic acids is 3. The van der Waals surface area contributed by atoms with Crippen LogP contribution >= 0.6 is 0 Å². The standard InChI is InChI=1S/C23H36N4O3/c1-3-5-6-10-15-25-21(28)19-14-11-16-27(17-19)20(18-12-8-7-9-13-18)22(29)26-23(30)24-4-2/h7-9,12-13,19-20H,3-6,10-11,14-17H2,1-2H3,(H,25,28)(H2,24,26,29,30). The minimum absolute atomic E-state index is 0.0622. The summed E-state index contributed by atoms with van der Waals surface area (Å²) in [5.74, 6) is -0.451. The predicted molar refractivity (Wildman–Crippen MR) is 118 cm³/mol. The van der Waals surface area contributed by atoms with Gasteiger partial charge in [-0.1, -0.05) is 56.5 Å². The van der Waals surface area contributed by atoms with Crippen LogP contribution in [-0.2, 0) is 9.59 Å². The molecular formula is C23H36N4O3. The van der Waals surface area contributed by atoms with E-state index in [1.165, 1.54) is 12.8 Å². The fourth-order valence-electron chi connectivity index (χ4n) is 3.91. The Morgan fingerprint density at radius 2 is 1.83 bits per heavy atom. The molecule has 30 heavy (non-hydrogen) atoms. The first-order valence-electron chi connectivity index (χ1n) is 11.2. The molecule has 0 aliphatic carbocycles. The summed E-state index contributed by atoms with van der Waals surface area (Å²) >= 11 is 0. The molecule has 1 aliphatic heterocycles. The Labute approximate surface area is 180 Å². The van der Waals surface area contributed by atoms with E-state index in [0.29, 0.717) is 26.2 Å². The van der Waals surface area contributed by atoms with E-state index >= 15 is 0 Å². The van der Waals surface area contributed by atoms with Crippen molar-refractivity contribution >= 4 is 17.8 Å². The molecule has 0 saturated carbocycles. The third kappa shape index (κ3) is 7.44. The number of hydrogen-bond donors (Lipinski definition) is 3. The number of benzene rings is 1. The van der Waals surface area contributed by atoms with Gasteiger partial charge in [-0.05, 0) is 38.3 Å². The molecule has 1 saturated heterocycles. The summed E-state index contributed by atoms with van der Waals surface area (Å²) in [7, 11) is 0. The zero-order chi connectivity index (χ0) is 21.8. The van der Waals surface area contributed by atoms with Crippen molar-refractivity contribution in [1.82, 2.24) is 20.9 Å². The fourth-order valence-corrected chi connectivity index (χ4v) is 3.91. The van der Waals surface area contributed by atoms with Gasteiger partial charge in [-0.15, -0.1) is 0 Å². The van der Waals surface area contributed by atoms with Crippen LogP contribution in [0, 0.1) is 5.92 Å². The summed E-state index contributed by atoms with van der Waals surface area (Å²) in [5, 5.41) is 8.10. The molecule has 3 N–H and O–H groups in total. The molecule has 7 nitrogen and oxygen atoms in total. The Balaban J connectivity index is 2.04. The van der Waals surface area contributed by atoms with Crippen LogP contribution in [0.25, 0.3) is 0 Å². The van der Waals surface area contributed by atoms with Gasteiger partial charge in [-0.2, -0.15) is 0 Å². The van der Waals surface area contributed by atoms with Crippen molar-refractivity contribution in [2.75, 3.05) is 26.2 Å². The molecule has 4 amide bonds. The highest BCUT2D eigenvalue weighted by molar-refractivity contribution is 5.97. The number of carbonyl (C=O) groups is 3. The molecule has 1 heterocycles. The lowest BCUT2D eigenvalue weighted by Gasteiger charge is -2.37. The maximum absolute atomic E-state index is 13.0. The number of nitrogens with one attached hydrogen (secondary N) is 3. The van der Waals surface area contributed by atoms with E-state index in [-0.39, 0.29) is 17.7 Å². The molecule has 7 heteroatoms. The molecule has 1 aromatic carbocycles. The van der Waals surface area contributed by atoms with Gasteiger partial charge in [0.15, 0.2) is 0 Å². The maximum Gasteiger partial charge on any atom is 0.321 e. The molecule has 0 radical (unpaired) electrons. The normalized spacial score (nSPS) is 17.7. The van der Waals surface area contributed by atoms with Gasteiger partial charge >= 0.3 is 6.03 Å². The van der Waals surface area contributed by atoms with E-state index in [1.807, 2.05) is 35.2 Å². The van der Waals surface area contributed by atoms with E-state index in [4.69, 9.17) is 0 Å². The van der Waals surface area contributed by atoms with Gasteiger partial charge in [0, 0.05) is 19.6 Å². The second kappa shape index (κ2) is 13.0. The third-order valence-electron chi connectivity index (χ3n) is 5.46. The molecule has 1 fully saturated rings. The smallest absolute Gasteiger partial charge is 0.321 e. The van der Waals surface area contributed by atoms with Crippen LogP contribution in [0.4, 0.5) is 4.79 Å². The largest absolute Gasteiger partial charge is 0.356 e. The van der Waals surface area contributed by atoms with Gasteiger partial charge in [0.1, 0.15) is 6.04 Å². The molecule has 2 unspecified atom stereocenters. The molecule has 2 rings (SSSR count). The maximum atomic E-state index is 13.0. The predicted octanol–water partition coefficient (Wildman–Crippen LogP) is 2.98. The molecule has 1 aromatic rings. The highest BCUT2D eigenvalue weighted by Gasteiger charge is 2.34. The number of rotatable bonds is 10. The Kier molecular flexibility index (Phi) is 10.3. The summed E-state index contributed by atoms with van der Waals surface area (Å²) in [6, 6.07) is 8.33. The number of likely N-dealkylation sites (tertiary alicyclic amines) is 1. The van der Waals surface area contributed by atoms with Crippen LogP contribution in [0.3, 0.4) is 0 Å². The summed E-state index contributed by atoms with van der Waals surface area (Å²) in [6.45, 7) is 6.33. The minimum Gasteiger partial charge on any atom is -0.356 e. The van der Waals surface area contributed by atoms with Crippen molar-refractivity contribution < 1.29 is 14.4 Å². The monoisotopic (exact) mass is 416 g/mol. The fraction of sp³-hybridized carbons (Fsp3) is 0.609. The first-order valence-corrected chi connectivity index (χ1v) is 11.2. The van der Waals surface area contributed by atoms with Crippen LogP contribution in [0.2, 0.25) is 0 Å². The minimum atomic E-state index is -0.603. The van der Waals surface area contributed by atoms with E-state index in [0.717, 1.165) is 31.2 Å². The summed E-state index contributed by atoms with van der Waals surface area (Å²) in [6.07, 6.45) is 6.14. The number of imide groups is 1. The van der Waals surface area contributed by atoms with E-state index in [2.05, 4.69) is 22.9 Å².